The van der Waals surface area contributed by atoms with Gasteiger partial charge in [0.2, 0.25) is 5.91 Å². The van der Waals surface area contributed by atoms with E-state index >= 15 is 0 Å². The average Bonchev–Trinajstić information content (AvgIpc) is 2.78. The summed E-state index contributed by atoms with van der Waals surface area (Å²) in [5, 5.41) is -0.466. The van der Waals surface area contributed by atoms with E-state index in [-0.39, 0.29) is 22.2 Å². The van der Waals surface area contributed by atoms with Crippen molar-refractivity contribution in [3.8, 4) is 0 Å². The van der Waals surface area contributed by atoms with Crippen LogP contribution in [-0.4, -0.2) is 29.2 Å². The average molecular weight is 353 g/mol. The lowest BCUT2D eigenvalue weighted by atomic mass is 9.98. The molecule has 0 bridgehead atoms. The first kappa shape index (κ1) is 17.7. The van der Waals surface area contributed by atoms with Crippen LogP contribution >= 0.6 is 11.8 Å². The molecule has 1 heterocycles. The van der Waals surface area contributed by atoms with E-state index in [1.165, 1.54) is 17.3 Å². The van der Waals surface area contributed by atoms with Gasteiger partial charge in [0.25, 0.3) is 0 Å². The minimum atomic E-state index is -0.251. The van der Waals surface area contributed by atoms with Crippen molar-refractivity contribution in [1.82, 2.24) is 0 Å². The molecule has 130 valence electrons. The molecule has 1 unspecified atom stereocenters. The van der Waals surface area contributed by atoms with Crippen LogP contribution in [0.3, 0.4) is 0 Å². The van der Waals surface area contributed by atoms with E-state index in [1.54, 1.807) is 4.90 Å². The summed E-state index contributed by atoms with van der Waals surface area (Å²) in [6.45, 7) is 4.01. The summed E-state index contributed by atoms with van der Waals surface area (Å²) >= 11 is 1.47. The molecule has 0 spiro atoms. The Morgan fingerprint density at radius 1 is 1.16 bits per heavy atom. The maximum absolute atomic E-state index is 13.1. The molecule has 2 atom stereocenters. The van der Waals surface area contributed by atoms with E-state index in [1.807, 2.05) is 50.4 Å². The molecule has 3 rings (SSSR count). The lowest BCUT2D eigenvalue weighted by Crippen LogP contribution is -2.36. The van der Waals surface area contributed by atoms with Gasteiger partial charge < -0.3 is 4.90 Å². The Balaban J connectivity index is 1.85. The molecule has 0 fully saturated rings. The van der Waals surface area contributed by atoms with E-state index in [0.29, 0.717) is 6.42 Å². The molecule has 1 aliphatic rings. The van der Waals surface area contributed by atoms with E-state index in [0.717, 1.165) is 23.2 Å². The van der Waals surface area contributed by atoms with Gasteiger partial charge in [0.15, 0.2) is 5.78 Å². The number of hydrogen-bond acceptors (Lipinski definition) is 3. The van der Waals surface area contributed by atoms with Crippen molar-refractivity contribution >= 4 is 29.1 Å². The summed E-state index contributed by atoms with van der Waals surface area (Å²) in [7, 11) is 1.81. The molecule has 0 radical (unpaired) electrons. The van der Waals surface area contributed by atoms with Crippen molar-refractivity contribution < 1.29 is 9.59 Å². The van der Waals surface area contributed by atoms with E-state index in [4.69, 9.17) is 0 Å². The van der Waals surface area contributed by atoms with Crippen molar-refractivity contribution in [2.45, 2.75) is 37.2 Å². The smallest absolute Gasteiger partial charge is 0.240 e. The summed E-state index contributed by atoms with van der Waals surface area (Å²) in [6, 6.07) is 15.7. The van der Waals surface area contributed by atoms with Crippen LogP contribution in [0.4, 0.5) is 5.69 Å². The maximum Gasteiger partial charge on any atom is 0.240 e. The third kappa shape index (κ3) is 3.64. The largest absolute Gasteiger partial charge is 0.315 e. The molecule has 0 saturated carbocycles. The topological polar surface area (TPSA) is 37.4 Å². The number of fused-ring (bicyclic) bond motifs is 1. The highest BCUT2D eigenvalue weighted by Gasteiger charge is 2.33. The SMILES string of the molecule is CCc1ccc(N(C)C(=O)C2Cc3ccccc3C(=O)[C@H](C)S2)cc1. The Bertz CT molecular complexity index is 785. The second-order valence-corrected chi connectivity index (χ2v) is 7.96. The van der Waals surface area contributed by atoms with Crippen LogP contribution in [0.5, 0.6) is 0 Å². The first-order chi connectivity index (χ1) is 12.0. The Labute approximate surface area is 153 Å². The van der Waals surface area contributed by atoms with Crippen molar-refractivity contribution in [2.75, 3.05) is 11.9 Å². The number of carbonyl (C=O) groups is 2. The van der Waals surface area contributed by atoms with Gasteiger partial charge in [-0.3, -0.25) is 9.59 Å². The Morgan fingerprint density at radius 3 is 2.52 bits per heavy atom. The summed E-state index contributed by atoms with van der Waals surface area (Å²) in [5.74, 6) is 0.163. The molecular weight excluding hydrogens is 330 g/mol. The Morgan fingerprint density at radius 2 is 1.84 bits per heavy atom. The number of Topliss-reactive ketones (excluding diaryl/α,β-unsaturated/α-hetero) is 1. The molecule has 0 N–H and O–H groups in total. The number of amides is 1. The van der Waals surface area contributed by atoms with Crippen LogP contribution in [0.1, 0.15) is 35.3 Å². The van der Waals surface area contributed by atoms with Crippen LogP contribution < -0.4 is 4.90 Å². The number of anilines is 1. The number of aryl methyl sites for hydroxylation is 1. The monoisotopic (exact) mass is 353 g/mol. The third-order valence-corrected chi connectivity index (χ3v) is 6.08. The van der Waals surface area contributed by atoms with Crippen LogP contribution in [0.15, 0.2) is 48.5 Å². The maximum atomic E-state index is 13.1. The number of nitrogens with zero attached hydrogens (tertiary/aromatic N) is 1. The number of carbonyl (C=O) groups excluding carboxylic acids is 2. The molecule has 1 aliphatic heterocycles. The lowest BCUT2D eigenvalue weighted by molar-refractivity contribution is -0.117. The Kier molecular flexibility index (Phi) is 5.28. The molecule has 3 nitrogen and oxygen atoms in total. The van der Waals surface area contributed by atoms with Crippen LogP contribution in [0.25, 0.3) is 0 Å². The van der Waals surface area contributed by atoms with Crippen LogP contribution in [0, 0.1) is 0 Å². The van der Waals surface area contributed by atoms with Crippen molar-refractivity contribution in [2.24, 2.45) is 0 Å². The number of hydrogen-bond donors (Lipinski definition) is 0. The zero-order valence-electron chi connectivity index (χ0n) is 14.9. The summed E-state index contributed by atoms with van der Waals surface area (Å²) in [4.78, 5) is 27.3. The van der Waals surface area contributed by atoms with Crippen molar-refractivity contribution in [3.05, 3.63) is 65.2 Å². The highest BCUT2D eigenvalue weighted by atomic mass is 32.2. The molecule has 4 heteroatoms. The summed E-state index contributed by atoms with van der Waals surface area (Å²) in [6.07, 6.45) is 1.57. The molecule has 0 saturated heterocycles. The summed E-state index contributed by atoms with van der Waals surface area (Å²) < 4.78 is 0. The third-order valence-electron chi connectivity index (χ3n) is 4.76. The van der Waals surface area contributed by atoms with Crippen LogP contribution in [-0.2, 0) is 17.6 Å². The van der Waals surface area contributed by atoms with Crippen molar-refractivity contribution in [3.63, 3.8) is 0 Å². The molecular formula is C21H23NO2S. The predicted molar refractivity (Wildman–Crippen MR) is 105 cm³/mol. The fourth-order valence-electron chi connectivity index (χ4n) is 3.16. The number of ketones is 1. The zero-order chi connectivity index (χ0) is 18.0. The number of thioether (sulfide) groups is 1. The standard InChI is InChI=1S/C21H23NO2S/c1-4-15-9-11-17(12-10-15)22(3)21(24)19-13-16-7-5-6-8-18(16)20(23)14(2)25-19/h5-12,14,19H,4,13H2,1-3H3/t14-,19?/m0/s1. The van der Waals surface area contributed by atoms with Crippen molar-refractivity contribution in [1.29, 1.82) is 0 Å². The van der Waals surface area contributed by atoms with Gasteiger partial charge in [0, 0.05) is 18.3 Å². The van der Waals surface area contributed by atoms with E-state index in [9.17, 15) is 9.59 Å². The first-order valence-electron chi connectivity index (χ1n) is 8.65. The second kappa shape index (κ2) is 7.44. The van der Waals surface area contributed by atoms with Gasteiger partial charge in [-0.15, -0.1) is 11.8 Å². The quantitative estimate of drug-likeness (QED) is 0.832. The van der Waals surface area contributed by atoms with Gasteiger partial charge in [-0.05, 0) is 43.0 Å². The zero-order valence-corrected chi connectivity index (χ0v) is 15.7. The normalized spacial score (nSPS) is 19.9. The molecule has 25 heavy (non-hydrogen) atoms. The molecule has 0 aliphatic carbocycles. The minimum absolute atomic E-state index is 0.0469. The van der Waals surface area contributed by atoms with Gasteiger partial charge in [-0.2, -0.15) is 0 Å². The second-order valence-electron chi connectivity index (χ2n) is 6.41. The first-order valence-corrected chi connectivity index (χ1v) is 9.59. The van der Waals surface area contributed by atoms with Gasteiger partial charge >= 0.3 is 0 Å². The van der Waals surface area contributed by atoms with Gasteiger partial charge in [-0.25, -0.2) is 0 Å². The van der Waals surface area contributed by atoms with Crippen LogP contribution in [0.2, 0.25) is 0 Å². The van der Waals surface area contributed by atoms with Gasteiger partial charge in [0.05, 0.1) is 10.5 Å². The lowest BCUT2D eigenvalue weighted by Gasteiger charge is -2.24. The van der Waals surface area contributed by atoms with Gasteiger partial charge in [0.1, 0.15) is 0 Å². The molecule has 2 aromatic carbocycles. The molecule has 1 amide bonds. The minimum Gasteiger partial charge on any atom is -0.315 e. The van der Waals surface area contributed by atoms with E-state index in [2.05, 4.69) is 19.1 Å². The predicted octanol–water partition coefficient (Wildman–Crippen LogP) is 4.14. The fraction of sp³-hybridized carbons (Fsp3) is 0.333. The Hall–Kier alpha value is -2.07. The fourth-order valence-corrected chi connectivity index (χ4v) is 4.45. The molecule has 2 aromatic rings. The number of benzene rings is 2. The highest BCUT2D eigenvalue weighted by molar-refractivity contribution is 8.02. The number of rotatable bonds is 3. The summed E-state index contributed by atoms with van der Waals surface area (Å²) in [5.41, 5.74) is 3.87. The highest BCUT2D eigenvalue weighted by Crippen LogP contribution is 2.32. The van der Waals surface area contributed by atoms with Gasteiger partial charge in [-0.1, -0.05) is 43.3 Å². The molecule has 0 aromatic heterocycles. The van der Waals surface area contributed by atoms with E-state index < -0.39 is 0 Å².